The van der Waals surface area contributed by atoms with Crippen molar-refractivity contribution in [3.05, 3.63) is 66.7 Å². The van der Waals surface area contributed by atoms with Crippen LogP contribution in [-0.4, -0.2) is 14.3 Å². The predicted octanol–water partition coefficient (Wildman–Crippen LogP) is 3.70. The fourth-order valence-electron chi connectivity index (χ4n) is 2.35. The minimum absolute atomic E-state index is 0.845. The number of rotatable bonds is 6. The molecule has 0 aliphatic heterocycles. The molecule has 2 heterocycles. The third kappa shape index (κ3) is 3.34. The van der Waals surface area contributed by atoms with Gasteiger partial charge < -0.3 is 9.88 Å². The highest BCUT2D eigenvalue weighted by Gasteiger charge is 1.99. The van der Waals surface area contributed by atoms with Crippen LogP contribution in [0.2, 0.25) is 0 Å². The second-order valence-electron chi connectivity index (χ2n) is 5.11. The summed E-state index contributed by atoms with van der Waals surface area (Å²) in [7, 11) is 0. The summed E-state index contributed by atoms with van der Waals surface area (Å²) >= 11 is 0. The zero-order valence-corrected chi connectivity index (χ0v) is 12.2. The van der Waals surface area contributed by atoms with Gasteiger partial charge >= 0.3 is 0 Å². The van der Waals surface area contributed by atoms with Gasteiger partial charge in [0.25, 0.3) is 0 Å². The van der Waals surface area contributed by atoms with Gasteiger partial charge in [0.1, 0.15) is 0 Å². The molecule has 0 spiro atoms. The van der Waals surface area contributed by atoms with Gasteiger partial charge in [0, 0.05) is 43.6 Å². The van der Waals surface area contributed by atoms with Crippen molar-refractivity contribution >= 4 is 5.69 Å². The Hall–Kier alpha value is -2.49. The molecule has 21 heavy (non-hydrogen) atoms. The molecule has 1 N–H and O–H groups in total. The monoisotopic (exact) mass is 280 g/mol. The average Bonchev–Trinajstić information content (AvgIpc) is 3.18. The van der Waals surface area contributed by atoms with Crippen LogP contribution in [0.3, 0.4) is 0 Å². The van der Waals surface area contributed by atoms with E-state index < -0.39 is 0 Å². The van der Waals surface area contributed by atoms with E-state index in [2.05, 4.69) is 64.6 Å². The number of nitrogens with one attached hydrogen (secondary N) is 1. The fraction of sp³-hybridized carbons (Fsp3) is 0.235. The molecule has 3 aromatic rings. The quantitative estimate of drug-likeness (QED) is 0.747. The number of benzene rings is 1. The van der Waals surface area contributed by atoms with Gasteiger partial charge in [0.05, 0.1) is 5.69 Å². The van der Waals surface area contributed by atoms with Gasteiger partial charge in [-0.25, -0.2) is 4.68 Å². The predicted molar refractivity (Wildman–Crippen MR) is 85.6 cm³/mol. The second-order valence-corrected chi connectivity index (χ2v) is 5.11. The standard InChI is InChI=1S/C17H20N4/c1-2-10-20-12-8-15(14-20)13-18-16-4-6-17(7-5-16)21-11-3-9-19-21/h3-9,11-12,14,18H,2,10,13H2,1H3. The molecule has 4 nitrogen and oxygen atoms in total. The maximum absolute atomic E-state index is 4.22. The summed E-state index contributed by atoms with van der Waals surface area (Å²) in [6.45, 7) is 4.12. The van der Waals surface area contributed by atoms with E-state index in [0.717, 1.165) is 30.9 Å². The molecular formula is C17H20N4. The Morgan fingerprint density at radius 2 is 1.95 bits per heavy atom. The molecule has 0 radical (unpaired) electrons. The summed E-state index contributed by atoms with van der Waals surface area (Å²) < 4.78 is 4.09. The zero-order valence-electron chi connectivity index (χ0n) is 12.2. The van der Waals surface area contributed by atoms with Crippen molar-refractivity contribution in [2.75, 3.05) is 5.32 Å². The molecule has 0 atom stereocenters. The highest BCUT2D eigenvalue weighted by atomic mass is 15.3. The lowest BCUT2D eigenvalue weighted by atomic mass is 10.2. The molecule has 0 amide bonds. The highest BCUT2D eigenvalue weighted by molar-refractivity contribution is 5.48. The molecule has 0 saturated heterocycles. The number of aryl methyl sites for hydroxylation is 1. The second kappa shape index (κ2) is 6.31. The van der Waals surface area contributed by atoms with Gasteiger partial charge in [-0.2, -0.15) is 5.10 Å². The molecule has 3 rings (SSSR count). The Bertz CT molecular complexity index is 665. The fourth-order valence-corrected chi connectivity index (χ4v) is 2.35. The first-order valence-corrected chi connectivity index (χ1v) is 7.34. The van der Waals surface area contributed by atoms with E-state index in [1.54, 1.807) is 6.20 Å². The summed E-state index contributed by atoms with van der Waals surface area (Å²) in [6.07, 6.45) is 9.23. The van der Waals surface area contributed by atoms with Crippen molar-refractivity contribution < 1.29 is 0 Å². The smallest absolute Gasteiger partial charge is 0.0647 e. The van der Waals surface area contributed by atoms with Crippen molar-refractivity contribution in [3.8, 4) is 5.69 Å². The summed E-state index contributed by atoms with van der Waals surface area (Å²) in [5.41, 5.74) is 3.49. The summed E-state index contributed by atoms with van der Waals surface area (Å²) in [5, 5.41) is 7.67. The number of nitrogens with zero attached hydrogens (tertiary/aromatic N) is 3. The Labute approximate surface area is 125 Å². The van der Waals surface area contributed by atoms with Crippen molar-refractivity contribution in [2.24, 2.45) is 0 Å². The van der Waals surface area contributed by atoms with Gasteiger partial charge in [0.2, 0.25) is 0 Å². The molecular weight excluding hydrogens is 260 g/mol. The molecule has 4 heteroatoms. The van der Waals surface area contributed by atoms with E-state index in [9.17, 15) is 0 Å². The van der Waals surface area contributed by atoms with Gasteiger partial charge in [-0.05, 0) is 48.4 Å². The molecule has 0 aliphatic rings. The third-order valence-corrected chi connectivity index (χ3v) is 3.43. The lowest BCUT2D eigenvalue weighted by molar-refractivity contribution is 0.682. The molecule has 2 aromatic heterocycles. The molecule has 108 valence electrons. The Kier molecular flexibility index (Phi) is 4.05. The number of hydrogen-bond donors (Lipinski definition) is 1. The van der Waals surface area contributed by atoms with Gasteiger partial charge in [-0.15, -0.1) is 0 Å². The van der Waals surface area contributed by atoms with E-state index in [-0.39, 0.29) is 0 Å². The van der Waals surface area contributed by atoms with Crippen LogP contribution >= 0.6 is 0 Å². The van der Waals surface area contributed by atoms with Crippen LogP contribution in [0.25, 0.3) is 5.69 Å². The minimum Gasteiger partial charge on any atom is -0.381 e. The van der Waals surface area contributed by atoms with Crippen LogP contribution in [0.5, 0.6) is 0 Å². The van der Waals surface area contributed by atoms with Crippen LogP contribution in [0.1, 0.15) is 18.9 Å². The third-order valence-electron chi connectivity index (χ3n) is 3.43. The lowest BCUT2D eigenvalue weighted by Crippen LogP contribution is -2.00. The molecule has 0 aliphatic carbocycles. The van der Waals surface area contributed by atoms with Crippen molar-refractivity contribution in [2.45, 2.75) is 26.4 Å². The van der Waals surface area contributed by atoms with Crippen LogP contribution in [0, 0.1) is 0 Å². The minimum atomic E-state index is 0.845. The van der Waals surface area contributed by atoms with E-state index in [1.165, 1.54) is 5.56 Å². The van der Waals surface area contributed by atoms with Gasteiger partial charge in [-0.1, -0.05) is 6.92 Å². The average molecular weight is 280 g/mol. The first-order chi connectivity index (χ1) is 10.3. The van der Waals surface area contributed by atoms with E-state index >= 15 is 0 Å². The first kappa shape index (κ1) is 13.5. The first-order valence-electron chi connectivity index (χ1n) is 7.34. The SMILES string of the molecule is CCCn1ccc(CNc2ccc(-n3cccn3)cc2)c1. The number of hydrogen-bond acceptors (Lipinski definition) is 2. The maximum Gasteiger partial charge on any atom is 0.0647 e. The lowest BCUT2D eigenvalue weighted by Gasteiger charge is -2.07. The van der Waals surface area contributed by atoms with E-state index in [0.29, 0.717) is 0 Å². The van der Waals surface area contributed by atoms with E-state index in [4.69, 9.17) is 0 Å². The molecule has 0 fully saturated rings. The molecule has 0 saturated carbocycles. The Morgan fingerprint density at radius 3 is 2.67 bits per heavy atom. The largest absolute Gasteiger partial charge is 0.381 e. The van der Waals surface area contributed by atoms with Crippen LogP contribution < -0.4 is 5.32 Å². The van der Waals surface area contributed by atoms with Crippen molar-refractivity contribution in [1.82, 2.24) is 14.3 Å². The maximum atomic E-state index is 4.22. The normalized spacial score (nSPS) is 10.7. The summed E-state index contributed by atoms with van der Waals surface area (Å²) in [6, 6.07) is 12.4. The molecule has 0 bridgehead atoms. The highest BCUT2D eigenvalue weighted by Crippen LogP contribution is 2.14. The summed E-state index contributed by atoms with van der Waals surface area (Å²) in [5.74, 6) is 0. The van der Waals surface area contributed by atoms with Crippen LogP contribution in [-0.2, 0) is 13.1 Å². The van der Waals surface area contributed by atoms with Gasteiger partial charge in [0.15, 0.2) is 0 Å². The summed E-state index contributed by atoms with van der Waals surface area (Å²) in [4.78, 5) is 0. The van der Waals surface area contributed by atoms with Crippen LogP contribution in [0.15, 0.2) is 61.2 Å². The topological polar surface area (TPSA) is 34.8 Å². The molecule has 1 aromatic carbocycles. The van der Waals surface area contributed by atoms with Crippen molar-refractivity contribution in [1.29, 1.82) is 0 Å². The Balaban J connectivity index is 1.60. The van der Waals surface area contributed by atoms with Gasteiger partial charge in [-0.3, -0.25) is 0 Å². The van der Waals surface area contributed by atoms with Crippen molar-refractivity contribution in [3.63, 3.8) is 0 Å². The van der Waals surface area contributed by atoms with Crippen LogP contribution in [0.4, 0.5) is 5.69 Å². The zero-order chi connectivity index (χ0) is 14.5. The number of anilines is 1. The molecule has 0 unspecified atom stereocenters. The Morgan fingerprint density at radius 1 is 1.10 bits per heavy atom. The van der Waals surface area contributed by atoms with E-state index in [1.807, 2.05) is 16.9 Å². The number of aromatic nitrogens is 3.